The third kappa shape index (κ3) is 4.42. The lowest BCUT2D eigenvalue weighted by atomic mass is 10.2. The summed E-state index contributed by atoms with van der Waals surface area (Å²) in [5, 5.41) is 9.00. The lowest BCUT2D eigenvalue weighted by Gasteiger charge is -2.10. The Kier molecular flexibility index (Phi) is 5.55. The molecule has 0 saturated carbocycles. The molecule has 0 fully saturated rings. The number of nitrogens with one attached hydrogen (secondary N) is 2. The zero-order valence-electron chi connectivity index (χ0n) is 11.2. The molecule has 1 aromatic carbocycles. The van der Waals surface area contributed by atoms with Crippen LogP contribution in [0.3, 0.4) is 0 Å². The van der Waals surface area contributed by atoms with E-state index in [0.717, 1.165) is 5.56 Å². The first-order valence-corrected chi connectivity index (χ1v) is 7.72. The number of ether oxygens (including phenoxy) is 1. The highest BCUT2D eigenvalue weighted by atomic mass is 35.5. The van der Waals surface area contributed by atoms with Crippen LogP contribution in [0.4, 0.5) is 5.69 Å². The largest absolute Gasteiger partial charge is 0.465 e. The van der Waals surface area contributed by atoms with Gasteiger partial charge in [-0.05, 0) is 41.4 Å². The fraction of sp³-hybridized carbons (Fsp3) is 0.143. The summed E-state index contributed by atoms with van der Waals surface area (Å²) >= 11 is 12.3. The standard InChI is InChI=1S/C14H13ClN2O2S2/c1-19-13(18)12-11(6-7-21-12)17-14(20)16-8-9-2-4-10(15)5-3-9/h2-7H,8H2,1H3,(H2,16,17,20). The van der Waals surface area contributed by atoms with E-state index >= 15 is 0 Å². The Labute approximate surface area is 137 Å². The van der Waals surface area contributed by atoms with Gasteiger partial charge >= 0.3 is 5.97 Å². The van der Waals surface area contributed by atoms with Crippen molar-refractivity contribution < 1.29 is 9.53 Å². The monoisotopic (exact) mass is 340 g/mol. The van der Waals surface area contributed by atoms with Crippen LogP contribution in [0, 0.1) is 0 Å². The molecule has 0 unspecified atom stereocenters. The van der Waals surface area contributed by atoms with E-state index in [9.17, 15) is 4.79 Å². The Morgan fingerprint density at radius 1 is 1.33 bits per heavy atom. The summed E-state index contributed by atoms with van der Waals surface area (Å²) in [5.41, 5.74) is 1.70. The van der Waals surface area contributed by atoms with Crippen LogP contribution in [-0.4, -0.2) is 18.2 Å². The number of thiocarbonyl (C=S) groups is 1. The number of benzene rings is 1. The lowest BCUT2D eigenvalue weighted by Crippen LogP contribution is -2.28. The maximum atomic E-state index is 11.6. The molecule has 0 atom stereocenters. The second kappa shape index (κ2) is 7.40. The summed E-state index contributed by atoms with van der Waals surface area (Å²) in [4.78, 5) is 12.1. The summed E-state index contributed by atoms with van der Waals surface area (Å²) in [7, 11) is 1.35. The first kappa shape index (κ1) is 15.8. The highest BCUT2D eigenvalue weighted by Crippen LogP contribution is 2.23. The molecule has 0 radical (unpaired) electrons. The number of hydrogen-bond acceptors (Lipinski definition) is 4. The van der Waals surface area contributed by atoms with Crippen molar-refractivity contribution in [3.8, 4) is 0 Å². The van der Waals surface area contributed by atoms with Crippen LogP contribution in [0.5, 0.6) is 0 Å². The Hall–Kier alpha value is -1.63. The summed E-state index contributed by atoms with van der Waals surface area (Å²) in [6, 6.07) is 9.27. The van der Waals surface area contributed by atoms with Crippen LogP contribution >= 0.6 is 35.2 Å². The van der Waals surface area contributed by atoms with Gasteiger partial charge in [0.1, 0.15) is 4.88 Å². The van der Waals surface area contributed by atoms with Gasteiger partial charge in [-0.15, -0.1) is 11.3 Å². The number of hydrogen-bond donors (Lipinski definition) is 2. The minimum Gasteiger partial charge on any atom is -0.465 e. The predicted molar refractivity (Wildman–Crippen MR) is 90.2 cm³/mol. The lowest BCUT2D eigenvalue weighted by molar-refractivity contribution is 0.0607. The van der Waals surface area contributed by atoms with Crippen molar-refractivity contribution in [1.29, 1.82) is 0 Å². The van der Waals surface area contributed by atoms with E-state index in [4.69, 9.17) is 28.6 Å². The van der Waals surface area contributed by atoms with E-state index < -0.39 is 0 Å². The molecule has 1 aromatic heterocycles. The molecule has 0 bridgehead atoms. The predicted octanol–water partition coefficient (Wildman–Crippen LogP) is 3.67. The molecule has 2 rings (SSSR count). The van der Waals surface area contributed by atoms with Gasteiger partial charge in [-0.3, -0.25) is 0 Å². The molecule has 7 heteroatoms. The topological polar surface area (TPSA) is 50.4 Å². The Bertz CT molecular complexity index is 641. The highest BCUT2D eigenvalue weighted by molar-refractivity contribution is 7.80. The molecule has 0 amide bonds. The minimum atomic E-state index is -0.381. The van der Waals surface area contributed by atoms with Crippen molar-refractivity contribution in [2.45, 2.75) is 6.54 Å². The molecule has 1 heterocycles. The normalized spacial score (nSPS) is 10.0. The molecular weight excluding hydrogens is 328 g/mol. The summed E-state index contributed by atoms with van der Waals surface area (Å²) in [6.07, 6.45) is 0. The van der Waals surface area contributed by atoms with Crippen LogP contribution in [0.15, 0.2) is 35.7 Å². The zero-order chi connectivity index (χ0) is 15.2. The van der Waals surface area contributed by atoms with Crippen molar-refractivity contribution >= 4 is 51.9 Å². The van der Waals surface area contributed by atoms with Crippen molar-refractivity contribution in [3.63, 3.8) is 0 Å². The first-order chi connectivity index (χ1) is 10.1. The van der Waals surface area contributed by atoms with Crippen LogP contribution < -0.4 is 10.6 Å². The van der Waals surface area contributed by atoms with Crippen LogP contribution in [0.25, 0.3) is 0 Å². The van der Waals surface area contributed by atoms with E-state index in [1.54, 1.807) is 11.4 Å². The van der Waals surface area contributed by atoms with Gasteiger partial charge in [-0.25, -0.2) is 4.79 Å². The summed E-state index contributed by atoms with van der Waals surface area (Å²) in [6.45, 7) is 0.570. The van der Waals surface area contributed by atoms with Crippen LogP contribution in [-0.2, 0) is 11.3 Å². The highest BCUT2D eigenvalue weighted by Gasteiger charge is 2.14. The Morgan fingerprint density at radius 3 is 2.71 bits per heavy atom. The maximum Gasteiger partial charge on any atom is 0.350 e. The van der Waals surface area contributed by atoms with Crippen LogP contribution in [0.2, 0.25) is 5.02 Å². The Morgan fingerprint density at radius 2 is 2.05 bits per heavy atom. The molecule has 4 nitrogen and oxygen atoms in total. The number of esters is 1. The van der Waals surface area contributed by atoms with Crippen molar-refractivity contribution in [2.75, 3.05) is 12.4 Å². The SMILES string of the molecule is COC(=O)c1sccc1NC(=S)NCc1ccc(Cl)cc1. The van der Waals surface area contributed by atoms with Crippen molar-refractivity contribution in [3.05, 3.63) is 51.2 Å². The molecule has 0 spiro atoms. The number of halogens is 1. The maximum absolute atomic E-state index is 11.6. The van der Waals surface area contributed by atoms with Gasteiger partial charge < -0.3 is 15.4 Å². The van der Waals surface area contributed by atoms with E-state index in [-0.39, 0.29) is 5.97 Å². The quantitative estimate of drug-likeness (QED) is 0.657. The van der Waals surface area contributed by atoms with E-state index in [0.29, 0.717) is 27.2 Å². The molecule has 0 aliphatic rings. The average Bonchev–Trinajstić information content (AvgIpc) is 2.94. The number of carbonyl (C=O) groups excluding carboxylic acids is 1. The number of anilines is 1. The second-order valence-corrected chi connectivity index (χ2v) is 5.85. The van der Waals surface area contributed by atoms with Crippen molar-refractivity contribution in [2.24, 2.45) is 0 Å². The van der Waals surface area contributed by atoms with Gasteiger partial charge in [0.2, 0.25) is 0 Å². The minimum absolute atomic E-state index is 0.381. The van der Waals surface area contributed by atoms with Gasteiger partial charge in [0.25, 0.3) is 0 Å². The molecular formula is C14H13ClN2O2S2. The molecule has 0 aliphatic carbocycles. The van der Waals surface area contributed by atoms with Crippen LogP contribution in [0.1, 0.15) is 15.2 Å². The third-order valence-electron chi connectivity index (χ3n) is 2.65. The summed E-state index contributed by atoms with van der Waals surface area (Å²) in [5.74, 6) is -0.381. The second-order valence-electron chi connectivity index (χ2n) is 4.09. The van der Waals surface area contributed by atoms with Gasteiger partial charge in [-0.2, -0.15) is 0 Å². The Balaban J connectivity index is 1.92. The molecule has 0 saturated heterocycles. The fourth-order valence-electron chi connectivity index (χ4n) is 1.61. The number of methoxy groups -OCH3 is 1. The van der Waals surface area contributed by atoms with Gasteiger partial charge in [0.15, 0.2) is 5.11 Å². The van der Waals surface area contributed by atoms with E-state index in [1.807, 2.05) is 24.3 Å². The fourth-order valence-corrected chi connectivity index (χ4v) is 2.68. The summed E-state index contributed by atoms with van der Waals surface area (Å²) < 4.78 is 4.71. The molecule has 110 valence electrons. The average molecular weight is 341 g/mol. The van der Waals surface area contributed by atoms with Gasteiger partial charge in [0, 0.05) is 11.6 Å². The van der Waals surface area contributed by atoms with E-state index in [1.165, 1.54) is 18.4 Å². The van der Waals surface area contributed by atoms with Gasteiger partial charge in [0.05, 0.1) is 12.8 Å². The van der Waals surface area contributed by atoms with E-state index in [2.05, 4.69) is 10.6 Å². The number of carbonyl (C=O) groups is 1. The number of thiophene rings is 1. The first-order valence-electron chi connectivity index (χ1n) is 6.05. The third-order valence-corrected chi connectivity index (χ3v) is 4.04. The zero-order valence-corrected chi connectivity index (χ0v) is 13.6. The molecule has 0 aliphatic heterocycles. The molecule has 2 N–H and O–H groups in total. The molecule has 21 heavy (non-hydrogen) atoms. The van der Waals surface area contributed by atoms with Gasteiger partial charge in [-0.1, -0.05) is 23.7 Å². The smallest absolute Gasteiger partial charge is 0.350 e. The van der Waals surface area contributed by atoms with Crippen molar-refractivity contribution in [1.82, 2.24) is 5.32 Å². The molecule has 2 aromatic rings. The number of rotatable bonds is 4.